The summed E-state index contributed by atoms with van der Waals surface area (Å²) in [6.07, 6.45) is 2.71. The second-order valence-electron chi connectivity index (χ2n) is 4.12. The Labute approximate surface area is 114 Å². The quantitative estimate of drug-likeness (QED) is 0.362. The molecular weight excluding hydrogens is 278 g/mol. The zero-order valence-electron chi connectivity index (χ0n) is 10.3. The second-order valence-corrected chi connectivity index (χ2v) is 4.12. The summed E-state index contributed by atoms with van der Waals surface area (Å²) in [7, 11) is 0. The minimum absolute atomic E-state index is 0.0467. The van der Waals surface area contributed by atoms with E-state index in [0.717, 1.165) is 0 Å². The number of fused-ring (bicyclic) bond motifs is 2. The Morgan fingerprint density at radius 2 is 1.95 bits per heavy atom. The molecule has 21 heavy (non-hydrogen) atoms. The number of aromatic nitrogens is 9. The lowest BCUT2D eigenvalue weighted by atomic mass is 10.5. The van der Waals surface area contributed by atoms with Crippen molar-refractivity contribution in [3.63, 3.8) is 0 Å². The molecule has 4 aromatic heterocycles. The molecule has 0 amide bonds. The van der Waals surface area contributed by atoms with Gasteiger partial charge in [-0.25, -0.2) is 15.0 Å². The summed E-state index contributed by atoms with van der Waals surface area (Å²) < 4.78 is 1.44. The van der Waals surface area contributed by atoms with Crippen molar-refractivity contribution >= 4 is 34.1 Å². The van der Waals surface area contributed by atoms with Crippen molar-refractivity contribution in [3.8, 4) is 0 Å². The van der Waals surface area contributed by atoms with Crippen LogP contribution in [-0.4, -0.2) is 44.7 Å². The fraction of sp³-hybridized carbons (Fsp3) is 0. The number of nitrogens with zero attached hydrogens (tertiary/aromatic N) is 8. The van der Waals surface area contributed by atoms with Gasteiger partial charge in [-0.1, -0.05) is 0 Å². The number of rotatable bonds is 1. The molecule has 4 heterocycles. The molecule has 0 aromatic carbocycles. The van der Waals surface area contributed by atoms with Gasteiger partial charge in [0.2, 0.25) is 11.6 Å². The molecule has 4 aromatic rings. The van der Waals surface area contributed by atoms with Crippen molar-refractivity contribution < 1.29 is 0 Å². The van der Waals surface area contributed by atoms with E-state index < -0.39 is 5.56 Å². The van der Waals surface area contributed by atoms with Crippen LogP contribution < -0.4 is 17.0 Å². The molecule has 5 N–H and O–H groups in total. The van der Waals surface area contributed by atoms with Crippen molar-refractivity contribution in [2.75, 3.05) is 11.5 Å². The fourth-order valence-corrected chi connectivity index (χ4v) is 1.96. The summed E-state index contributed by atoms with van der Waals surface area (Å²) in [5, 5.41) is 7.64. The number of hydrogen-bond acceptors (Lipinski definition) is 9. The van der Waals surface area contributed by atoms with Crippen LogP contribution in [0.3, 0.4) is 0 Å². The summed E-state index contributed by atoms with van der Waals surface area (Å²) in [5.41, 5.74) is 11.8. The van der Waals surface area contributed by atoms with Gasteiger partial charge in [-0.05, 0) is 5.21 Å². The summed E-state index contributed by atoms with van der Waals surface area (Å²) in [5.74, 6) is 0.183. The summed E-state index contributed by atoms with van der Waals surface area (Å²) in [6, 6.07) is 0. The Hall–Kier alpha value is -3.57. The molecular formula is C9H7N11O. The molecule has 0 fully saturated rings. The maximum absolute atomic E-state index is 11.7. The van der Waals surface area contributed by atoms with E-state index in [1.54, 1.807) is 0 Å². The number of nitrogens with two attached hydrogens (primary N) is 2. The normalized spacial score (nSPS) is 11.4. The molecule has 0 unspecified atom stereocenters. The lowest BCUT2D eigenvalue weighted by Gasteiger charge is -2.02. The minimum atomic E-state index is -0.484. The third kappa shape index (κ3) is 1.46. The highest BCUT2D eigenvalue weighted by Gasteiger charge is 2.16. The zero-order chi connectivity index (χ0) is 14.6. The summed E-state index contributed by atoms with van der Waals surface area (Å²) in [6.45, 7) is 0. The molecule has 0 saturated carbocycles. The molecule has 0 spiro atoms. The Bertz CT molecular complexity index is 1040. The minimum Gasteiger partial charge on any atom is -0.382 e. The molecule has 0 bridgehead atoms. The first-order valence-electron chi connectivity index (χ1n) is 5.70. The Balaban J connectivity index is 2.10. The number of nitrogens with one attached hydrogen (secondary N) is 1. The van der Waals surface area contributed by atoms with Crippen molar-refractivity contribution in [2.45, 2.75) is 0 Å². The standard InChI is InChI=1S/C9H7N11O/c10-5-3-6(13-1-12-5)19(2-14-3)20-7-4(17-18-20)8(21)16-9(11)15-7/h1-2H,(H2,10,12,13)(H3,11,15,16,21). The van der Waals surface area contributed by atoms with Crippen LogP contribution in [0.15, 0.2) is 17.4 Å². The van der Waals surface area contributed by atoms with Gasteiger partial charge >= 0.3 is 0 Å². The summed E-state index contributed by atoms with van der Waals surface area (Å²) in [4.78, 5) is 31.4. The van der Waals surface area contributed by atoms with Crippen molar-refractivity contribution in [2.24, 2.45) is 0 Å². The van der Waals surface area contributed by atoms with E-state index in [0.29, 0.717) is 11.2 Å². The molecule has 12 heteroatoms. The van der Waals surface area contributed by atoms with Crippen LogP contribution in [0.5, 0.6) is 0 Å². The van der Waals surface area contributed by atoms with E-state index in [-0.39, 0.29) is 22.9 Å². The number of aromatic amines is 1. The van der Waals surface area contributed by atoms with Gasteiger partial charge in [-0.15, -0.1) is 9.89 Å². The van der Waals surface area contributed by atoms with Gasteiger partial charge in [0.15, 0.2) is 22.5 Å². The average Bonchev–Trinajstić information content (AvgIpc) is 3.03. The number of anilines is 2. The largest absolute Gasteiger partial charge is 0.382 e. The van der Waals surface area contributed by atoms with E-state index in [2.05, 4.69) is 35.2 Å². The Kier molecular flexibility index (Phi) is 2.00. The molecule has 4 rings (SSSR count). The number of H-pyrrole nitrogens is 1. The van der Waals surface area contributed by atoms with E-state index in [1.807, 2.05) is 0 Å². The maximum atomic E-state index is 11.7. The first-order chi connectivity index (χ1) is 10.1. The molecule has 104 valence electrons. The van der Waals surface area contributed by atoms with Gasteiger partial charge in [0.05, 0.1) is 0 Å². The van der Waals surface area contributed by atoms with Crippen LogP contribution in [0.25, 0.3) is 22.3 Å². The van der Waals surface area contributed by atoms with E-state index in [4.69, 9.17) is 11.5 Å². The molecule has 0 atom stereocenters. The van der Waals surface area contributed by atoms with Crippen molar-refractivity contribution in [1.29, 1.82) is 0 Å². The van der Waals surface area contributed by atoms with Crippen LogP contribution in [-0.2, 0) is 0 Å². The number of hydrogen-bond donors (Lipinski definition) is 3. The maximum Gasteiger partial charge on any atom is 0.282 e. The Morgan fingerprint density at radius 3 is 2.81 bits per heavy atom. The third-order valence-corrected chi connectivity index (χ3v) is 2.86. The lowest BCUT2D eigenvalue weighted by Crippen LogP contribution is -2.15. The predicted molar refractivity (Wildman–Crippen MR) is 70.9 cm³/mol. The van der Waals surface area contributed by atoms with Crippen LogP contribution in [0.1, 0.15) is 0 Å². The topological polar surface area (TPSA) is 172 Å². The lowest BCUT2D eigenvalue weighted by molar-refractivity contribution is 0.575. The fourth-order valence-electron chi connectivity index (χ4n) is 1.96. The van der Waals surface area contributed by atoms with Crippen molar-refractivity contribution in [1.82, 2.24) is 44.7 Å². The van der Waals surface area contributed by atoms with Gasteiger partial charge in [-0.2, -0.15) is 9.66 Å². The third-order valence-electron chi connectivity index (χ3n) is 2.86. The average molecular weight is 285 g/mol. The van der Waals surface area contributed by atoms with Crippen LogP contribution in [0.4, 0.5) is 11.8 Å². The number of imidazole rings is 1. The van der Waals surface area contributed by atoms with Crippen LogP contribution in [0, 0.1) is 0 Å². The SMILES string of the molecule is Nc1nc2c(nnn2-n2cnc3c(N)ncnc32)c(=O)[nH]1. The van der Waals surface area contributed by atoms with Gasteiger partial charge < -0.3 is 11.5 Å². The molecule has 12 nitrogen and oxygen atoms in total. The zero-order valence-corrected chi connectivity index (χ0v) is 10.3. The second kappa shape index (κ2) is 3.72. The van der Waals surface area contributed by atoms with Crippen molar-refractivity contribution in [3.05, 3.63) is 23.0 Å². The van der Waals surface area contributed by atoms with E-state index >= 15 is 0 Å². The monoisotopic (exact) mass is 285 g/mol. The Morgan fingerprint density at radius 1 is 1.10 bits per heavy atom. The smallest absolute Gasteiger partial charge is 0.282 e. The summed E-state index contributed by atoms with van der Waals surface area (Å²) >= 11 is 0. The molecule has 0 aliphatic carbocycles. The van der Waals surface area contributed by atoms with Gasteiger partial charge in [0.25, 0.3) is 5.56 Å². The van der Waals surface area contributed by atoms with Crippen LogP contribution >= 0.6 is 0 Å². The van der Waals surface area contributed by atoms with Gasteiger partial charge in [-0.3, -0.25) is 9.78 Å². The molecule has 0 aliphatic rings. The van der Waals surface area contributed by atoms with Crippen LogP contribution in [0.2, 0.25) is 0 Å². The number of nitrogen functional groups attached to an aromatic ring is 2. The first kappa shape index (κ1) is 11.3. The molecule has 0 radical (unpaired) electrons. The molecule has 0 saturated heterocycles. The highest BCUT2D eigenvalue weighted by Crippen LogP contribution is 2.15. The highest BCUT2D eigenvalue weighted by atomic mass is 16.1. The predicted octanol–water partition coefficient (Wildman–Crippen LogP) is -1.87. The van der Waals surface area contributed by atoms with Gasteiger partial charge in [0.1, 0.15) is 12.7 Å². The highest BCUT2D eigenvalue weighted by molar-refractivity contribution is 5.81. The van der Waals surface area contributed by atoms with E-state index in [9.17, 15) is 4.79 Å². The molecule has 0 aliphatic heterocycles. The van der Waals surface area contributed by atoms with Gasteiger partial charge in [0, 0.05) is 0 Å². The van der Waals surface area contributed by atoms with E-state index in [1.165, 1.54) is 22.1 Å². The first-order valence-corrected chi connectivity index (χ1v) is 5.70.